The van der Waals surface area contributed by atoms with Gasteiger partial charge in [-0.15, -0.1) is 6.58 Å². The Kier molecular flexibility index (Phi) is 4.61. The summed E-state index contributed by atoms with van der Waals surface area (Å²) in [4.78, 5) is 10.9. The average molecular weight is 230 g/mol. The quantitative estimate of drug-likeness (QED) is 0.385. The summed E-state index contributed by atoms with van der Waals surface area (Å²) >= 11 is 0. The van der Waals surface area contributed by atoms with Crippen molar-refractivity contribution in [3.63, 3.8) is 0 Å². The first-order valence-corrected chi connectivity index (χ1v) is 5.08. The van der Waals surface area contributed by atoms with Gasteiger partial charge in [0.1, 0.15) is 25.1 Å². The first kappa shape index (κ1) is 13.3. The minimum Gasteiger partial charge on any atom is -0.359 e. The molecule has 1 heterocycles. The molecule has 5 nitrogen and oxygen atoms in total. The highest BCUT2D eigenvalue weighted by Gasteiger charge is 2.44. The van der Waals surface area contributed by atoms with Gasteiger partial charge in [-0.2, -0.15) is 0 Å². The number of carbonyl (C=O) groups is 1. The highest BCUT2D eigenvalue weighted by Crippen LogP contribution is 2.30. The second kappa shape index (κ2) is 5.54. The summed E-state index contributed by atoms with van der Waals surface area (Å²) in [5, 5.41) is 0. The highest BCUT2D eigenvalue weighted by atomic mass is 16.8. The maximum absolute atomic E-state index is 10.9. The molecule has 1 aliphatic rings. The third kappa shape index (κ3) is 3.12. The van der Waals surface area contributed by atoms with E-state index in [0.717, 1.165) is 0 Å². The number of methoxy groups -OCH3 is 1. The maximum Gasteiger partial charge on any atom is 0.164 e. The van der Waals surface area contributed by atoms with Crippen LogP contribution in [0.2, 0.25) is 0 Å². The molecule has 0 spiro atoms. The van der Waals surface area contributed by atoms with Crippen molar-refractivity contribution < 1.29 is 23.7 Å². The Morgan fingerprint density at radius 3 is 2.69 bits per heavy atom. The largest absolute Gasteiger partial charge is 0.359 e. The van der Waals surface area contributed by atoms with Gasteiger partial charge in [-0.25, -0.2) is 0 Å². The second-order valence-corrected chi connectivity index (χ2v) is 3.97. The monoisotopic (exact) mass is 230 g/mol. The van der Waals surface area contributed by atoms with E-state index < -0.39 is 18.0 Å². The molecule has 3 atom stereocenters. The van der Waals surface area contributed by atoms with Crippen LogP contribution in [-0.4, -0.2) is 44.3 Å². The summed E-state index contributed by atoms with van der Waals surface area (Å²) < 4.78 is 21.1. The van der Waals surface area contributed by atoms with Crippen LogP contribution in [0.5, 0.6) is 0 Å². The fourth-order valence-corrected chi connectivity index (χ4v) is 1.61. The van der Waals surface area contributed by atoms with E-state index in [-0.39, 0.29) is 12.9 Å². The summed E-state index contributed by atoms with van der Waals surface area (Å²) in [6.45, 7) is 7.24. The van der Waals surface area contributed by atoms with Gasteiger partial charge < -0.3 is 23.7 Å². The molecule has 0 N–H and O–H groups in total. The Morgan fingerprint density at radius 1 is 1.50 bits per heavy atom. The van der Waals surface area contributed by atoms with E-state index in [9.17, 15) is 4.79 Å². The minimum atomic E-state index is -0.735. The molecule has 0 aliphatic carbocycles. The Balaban J connectivity index is 2.68. The lowest BCUT2D eigenvalue weighted by atomic mass is 10.1. The molecule has 0 radical (unpaired) electrons. The zero-order valence-corrected chi connectivity index (χ0v) is 9.84. The van der Waals surface area contributed by atoms with E-state index in [1.165, 1.54) is 7.11 Å². The zero-order chi connectivity index (χ0) is 12.2. The van der Waals surface area contributed by atoms with Gasteiger partial charge in [-0.1, -0.05) is 6.08 Å². The molecule has 16 heavy (non-hydrogen) atoms. The van der Waals surface area contributed by atoms with Gasteiger partial charge in [0.2, 0.25) is 0 Å². The SMILES string of the molecule is C=C[C@@H]1OC(C)(C)O[C@@H]1[C@@H](C=O)OCOC. The van der Waals surface area contributed by atoms with Crippen LogP contribution in [0.3, 0.4) is 0 Å². The van der Waals surface area contributed by atoms with Crippen LogP contribution in [0.25, 0.3) is 0 Å². The predicted octanol–water partition coefficient (Wildman–Crippen LogP) is 0.880. The smallest absolute Gasteiger partial charge is 0.164 e. The third-order valence-electron chi connectivity index (χ3n) is 2.23. The Labute approximate surface area is 95.3 Å². The van der Waals surface area contributed by atoms with Crippen molar-refractivity contribution in [1.82, 2.24) is 0 Å². The van der Waals surface area contributed by atoms with E-state index in [0.29, 0.717) is 6.29 Å². The molecule has 0 unspecified atom stereocenters. The molecular weight excluding hydrogens is 212 g/mol. The molecule has 0 amide bonds. The molecule has 1 saturated heterocycles. The minimum absolute atomic E-state index is 0.0353. The first-order chi connectivity index (χ1) is 7.54. The van der Waals surface area contributed by atoms with E-state index in [2.05, 4.69) is 6.58 Å². The zero-order valence-electron chi connectivity index (χ0n) is 9.84. The summed E-state index contributed by atoms with van der Waals surface area (Å²) in [6, 6.07) is 0. The van der Waals surface area contributed by atoms with Crippen molar-refractivity contribution in [2.75, 3.05) is 13.9 Å². The molecule has 1 rings (SSSR count). The molecule has 0 aromatic carbocycles. The van der Waals surface area contributed by atoms with Crippen LogP contribution in [0.4, 0.5) is 0 Å². The van der Waals surface area contributed by atoms with Gasteiger partial charge in [-0.05, 0) is 13.8 Å². The summed E-state index contributed by atoms with van der Waals surface area (Å²) in [7, 11) is 1.49. The lowest BCUT2D eigenvalue weighted by Gasteiger charge is -2.21. The van der Waals surface area contributed by atoms with Crippen LogP contribution in [0, 0.1) is 0 Å². The third-order valence-corrected chi connectivity index (χ3v) is 2.23. The van der Waals surface area contributed by atoms with Crippen LogP contribution >= 0.6 is 0 Å². The molecular formula is C11H18O5. The lowest BCUT2D eigenvalue weighted by Crippen LogP contribution is -2.38. The molecule has 0 aromatic heterocycles. The van der Waals surface area contributed by atoms with Gasteiger partial charge in [0.15, 0.2) is 12.1 Å². The van der Waals surface area contributed by atoms with Crippen LogP contribution in [0.15, 0.2) is 12.7 Å². The van der Waals surface area contributed by atoms with Crippen molar-refractivity contribution in [3.8, 4) is 0 Å². The molecule has 0 aromatic rings. The van der Waals surface area contributed by atoms with Crippen molar-refractivity contribution in [2.24, 2.45) is 0 Å². The summed E-state index contributed by atoms with van der Waals surface area (Å²) in [5.74, 6) is -0.735. The van der Waals surface area contributed by atoms with Crippen molar-refractivity contribution in [3.05, 3.63) is 12.7 Å². The first-order valence-electron chi connectivity index (χ1n) is 5.08. The number of hydrogen-bond acceptors (Lipinski definition) is 5. The Bertz CT molecular complexity index is 251. The van der Waals surface area contributed by atoms with E-state index in [4.69, 9.17) is 18.9 Å². The van der Waals surface area contributed by atoms with Crippen LogP contribution in [0.1, 0.15) is 13.8 Å². The maximum atomic E-state index is 10.9. The number of rotatable bonds is 6. The van der Waals surface area contributed by atoms with Crippen molar-refractivity contribution in [2.45, 2.75) is 37.9 Å². The number of carbonyl (C=O) groups excluding carboxylic acids is 1. The molecule has 0 bridgehead atoms. The summed E-state index contributed by atoms with van der Waals surface area (Å²) in [5.41, 5.74) is 0. The lowest BCUT2D eigenvalue weighted by molar-refractivity contribution is -0.170. The van der Waals surface area contributed by atoms with E-state index in [1.54, 1.807) is 19.9 Å². The van der Waals surface area contributed by atoms with Gasteiger partial charge in [-0.3, -0.25) is 0 Å². The fourth-order valence-electron chi connectivity index (χ4n) is 1.61. The van der Waals surface area contributed by atoms with Crippen molar-refractivity contribution >= 4 is 6.29 Å². The Morgan fingerprint density at radius 2 is 2.19 bits per heavy atom. The van der Waals surface area contributed by atoms with Gasteiger partial charge >= 0.3 is 0 Å². The summed E-state index contributed by atoms with van der Waals surface area (Å²) in [6.07, 6.45) is 0.726. The number of hydrogen-bond donors (Lipinski definition) is 0. The van der Waals surface area contributed by atoms with Crippen LogP contribution in [-0.2, 0) is 23.7 Å². The second-order valence-electron chi connectivity index (χ2n) is 3.97. The molecule has 1 aliphatic heterocycles. The number of ether oxygens (including phenoxy) is 4. The number of aldehydes is 1. The fraction of sp³-hybridized carbons (Fsp3) is 0.727. The highest BCUT2D eigenvalue weighted by molar-refractivity contribution is 5.57. The van der Waals surface area contributed by atoms with Gasteiger partial charge in [0.25, 0.3) is 0 Å². The molecule has 1 fully saturated rings. The predicted molar refractivity (Wildman–Crippen MR) is 56.8 cm³/mol. The van der Waals surface area contributed by atoms with Gasteiger partial charge in [0.05, 0.1) is 0 Å². The van der Waals surface area contributed by atoms with E-state index >= 15 is 0 Å². The van der Waals surface area contributed by atoms with Crippen LogP contribution < -0.4 is 0 Å². The molecule has 0 saturated carbocycles. The van der Waals surface area contributed by atoms with Crippen molar-refractivity contribution in [1.29, 1.82) is 0 Å². The van der Waals surface area contributed by atoms with Gasteiger partial charge in [0, 0.05) is 7.11 Å². The topological polar surface area (TPSA) is 54.0 Å². The Hall–Kier alpha value is -0.750. The standard InChI is InChI=1S/C11H18O5/c1-5-8-10(16-11(2,3)15-8)9(6-12)14-7-13-4/h5-6,8-10H,1,7H2,2-4H3/t8-,9+,10-/m0/s1. The molecule has 92 valence electrons. The normalized spacial score (nSPS) is 29.9. The van der Waals surface area contributed by atoms with E-state index in [1.807, 2.05) is 0 Å². The average Bonchev–Trinajstić information content (AvgIpc) is 2.55. The molecule has 5 heteroatoms.